The molecular formula is C13H18N2O. The van der Waals surface area contributed by atoms with Crippen LogP contribution in [0.2, 0.25) is 0 Å². The van der Waals surface area contributed by atoms with E-state index in [1.54, 1.807) is 6.20 Å². The maximum Gasteiger partial charge on any atom is 0.242 e. The lowest BCUT2D eigenvalue weighted by molar-refractivity contribution is -0.121. The van der Waals surface area contributed by atoms with Crippen molar-refractivity contribution in [2.75, 3.05) is 0 Å². The van der Waals surface area contributed by atoms with Gasteiger partial charge in [0.15, 0.2) is 0 Å². The van der Waals surface area contributed by atoms with Crippen LogP contribution in [0.3, 0.4) is 0 Å². The Morgan fingerprint density at radius 1 is 1.31 bits per heavy atom. The average molecular weight is 218 g/mol. The van der Waals surface area contributed by atoms with Gasteiger partial charge in [-0.25, -0.2) is 0 Å². The number of carbonyl (C=O) groups is 1. The fourth-order valence-electron chi connectivity index (χ4n) is 1.19. The predicted octanol–water partition coefficient (Wildman–Crippen LogP) is 2.02. The molecule has 0 atom stereocenters. The van der Waals surface area contributed by atoms with Crippen molar-refractivity contribution in [3.8, 4) is 0 Å². The lowest BCUT2D eigenvalue weighted by Crippen LogP contribution is -2.34. The molecule has 2 N–H and O–H groups in total. The zero-order chi connectivity index (χ0) is 11.8. The first-order valence-corrected chi connectivity index (χ1v) is 5.43. The van der Waals surface area contributed by atoms with E-state index in [1.165, 1.54) is 0 Å². The van der Waals surface area contributed by atoms with Gasteiger partial charge < -0.3 is 5.43 Å². The van der Waals surface area contributed by atoms with Crippen molar-refractivity contribution < 1.29 is 4.79 Å². The van der Waals surface area contributed by atoms with Crippen molar-refractivity contribution >= 4 is 5.91 Å². The van der Waals surface area contributed by atoms with Gasteiger partial charge in [0.1, 0.15) is 0 Å². The van der Waals surface area contributed by atoms with E-state index < -0.39 is 0 Å². The average Bonchev–Trinajstić information content (AvgIpc) is 2.25. The highest BCUT2D eigenvalue weighted by Crippen LogP contribution is 1.98. The zero-order valence-corrected chi connectivity index (χ0v) is 9.73. The summed E-state index contributed by atoms with van der Waals surface area (Å²) in [5.74, 6) is 0.429. The molecule has 1 aromatic rings. The molecule has 0 bridgehead atoms. The highest BCUT2D eigenvalue weighted by atomic mass is 16.2. The SMILES string of the molecule is CC(C)C=CNNC(=O)Cc1ccccc1. The van der Waals surface area contributed by atoms with Gasteiger partial charge in [0.25, 0.3) is 0 Å². The molecule has 0 aliphatic carbocycles. The van der Waals surface area contributed by atoms with Crippen LogP contribution in [0.15, 0.2) is 42.6 Å². The summed E-state index contributed by atoms with van der Waals surface area (Å²) in [5, 5.41) is 0. The number of hydrogen-bond donors (Lipinski definition) is 2. The van der Waals surface area contributed by atoms with E-state index in [9.17, 15) is 4.79 Å². The fourth-order valence-corrected chi connectivity index (χ4v) is 1.19. The Morgan fingerprint density at radius 2 is 2.00 bits per heavy atom. The van der Waals surface area contributed by atoms with Crippen molar-refractivity contribution in [2.45, 2.75) is 20.3 Å². The summed E-state index contributed by atoms with van der Waals surface area (Å²) in [6.07, 6.45) is 4.11. The fraction of sp³-hybridized carbons (Fsp3) is 0.308. The molecule has 0 radical (unpaired) electrons. The Bertz CT molecular complexity index is 344. The molecule has 0 aliphatic rings. The normalized spacial score (nSPS) is 10.7. The van der Waals surface area contributed by atoms with E-state index in [0.29, 0.717) is 12.3 Å². The molecule has 86 valence electrons. The molecule has 16 heavy (non-hydrogen) atoms. The van der Waals surface area contributed by atoms with Crippen molar-refractivity contribution in [3.05, 3.63) is 48.2 Å². The smallest absolute Gasteiger partial charge is 0.242 e. The first-order valence-electron chi connectivity index (χ1n) is 5.43. The third kappa shape index (κ3) is 5.20. The highest BCUT2D eigenvalue weighted by molar-refractivity contribution is 5.78. The number of hydrazine groups is 1. The summed E-state index contributed by atoms with van der Waals surface area (Å²) in [5.41, 5.74) is 6.38. The molecule has 0 aliphatic heterocycles. The Hall–Kier alpha value is -1.77. The third-order valence-corrected chi connectivity index (χ3v) is 1.98. The van der Waals surface area contributed by atoms with Gasteiger partial charge in [0, 0.05) is 6.20 Å². The summed E-state index contributed by atoms with van der Waals surface area (Å²) < 4.78 is 0. The molecule has 0 heterocycles. The van der Waals surface area contributed by atoms with Crippen molar-refractivity contribution in [3.63, 3.8) is 0 Å². The molecule has 0 unspecified atom stereocenters. The number of amides is 1. The van der Waals surface area contributed by atoms with Crippen LogP contribution in [0.25, 0.3) is 0 Å². The first-order chi connectivity index (χ1) is 7.68. The molecule has 0 saturated heterocycles. The summed E-state index contributed by atoms with van der Waals surface area (Å²) in [4.78, 5) is 11.4. The second kappa shape index (κ2) is 6.67. The van der Waals surface area contributed by atoms with Crippen LogP contribution in [0.4, 0.5) is 0 Å². The zero-order valence-electron chi connectivity index (χ0n) is 9.73. The number of nitrogens with one attached hydrogen (secondary N) is 2. The number of allylic oxidation sites excluding steroid dienone is 1. The molecule has 0 saturated carbocycles. The van der Waals surface area contributed by atoms with Crippen LogP contribution in [0, 0.1) is 5.92 Å². The Balaban J connectivity index is 2.27. The summed E-state index contributed by atoms with van der Waals surface area (Å²) >= 11 is 0. The standard InChI is InChI=1S/C13H18N2O/c1-11(2)8-9-14-15-13(16)10-12-6-4-3-5-7-12/h3-9,11,14H,10H2,1-2H3,(H,15,16). The second-order valence-electron chi connectivity index (χ2n) is 3.96. The van der Waals surface area contributed by atoms with Gasteiger partial charge in [-0.3, -0.25) is 10.2 Å². The highest BCUT2D eigenvalue weighted by Gasteiger charge is 2.00. The number of benzene rings is 1. The Kier molecular flexibility index (Phi) is 5.12. The largest absolute Gasteiger partial charge is 0.306 e. The van der Waals surface area contributed by atoms with Gasteiger partial charge in [0.05, 0.1) is 6.42 Å². The Morgan fingerprint density at radius 3 is 2.62 bits per heavy atom. The molecule has 0 spiro atoms. The van der Waals surface area contributed by atoms with Crippen LogP contribution in [-0.4, -0.2) is 5.91 Å². The summed E-state index contributed by atoms with van der Waals surface area (Å²) in [7, 11) is 0. The molecule has 1 rings (SSSR count). The van der Waals surface area contributed by atoms with Gasteiger partial charge in [-0.05, 0) is 11.5 Å². The number of carbonyl (C=O) groups excluding carboxylic acids is 1. The number of hydrogen-bond acceptors (Lipinski definition) is 2. The first kappa shape index (κ1) is 12.3. The van der Waals surface area contributed by atoms with Crippen molar-refractivity contribution in [1.82, 2.24) is 10.9 Å². The topological polar surface area (TPSA) is 41.1 Å². The lowest BCUT2D eigenvalue weighted by Gasteiger charge is -2.04. The molecule has 1 amide bonds. The quantitative estimate of drug-likeness (QED) is 0.742. The van der Waals surface area contributed by atoms with Crippen LogP contribution >= 0.6 is 0 Å². The molecule has 1 aromatic carbocycles. The summed E-state index contributed by atoms with van der Waals surface area (Å²) in [6, 6.07) is 9.65. The predicted molar refractivity (Wildman–Crippen MR) is 65.4 cm³/mol. The van der Waals surface area contributed by atoms with Crippen LogP contribution < -0.4 is 10.9 Å². The van der Waals surface area contributed by atoms with Gasteiger partial charge in [-0.15, -0.1) is 0 Å². The summed E-state index contributed by atoms with van der Waals surface area (Å²) in [6.45, 7) is 4.15. The van der Waals surface area contributed by atoms with Gasteiger partial charge in [-0.2, -0.15) is 0 Å². The number of rotatable bonds is 5. The van der Waals surface area contributed by atoms with Crippen molar-refractivity contribution in [2.24, 2.45) is 5.92 Å². The molecule has 3 heteroatoms. The van der Waals surface area contributed by atoms with Gasteiger partial charge in [-0.1, -0.05) is 50.3 Å². The van der Waals surface area contributed by atoms with E-state index >= 15 is 0 Å². The minimum atomic E-state index is -0.0420. The third-order valence-electron chi connectivity index (χ3n) is 1.98. The van der Waals surface area contributed by atoms with Crippen molar-refractivity contribution in [1.29, 1.82) is 0 Å². The van der Waals surface area contributed by atoms with Gasteiger partial charge >= 0.3 is 0 Å². The lowest BCUT2D eigenvalue weighted by atomic mass is 10.1. The molecule has 0 fully saturated rings. The second-order valence-corrected chi connectivity index (χ2v) is 3.96. The van der Waals surface area contributed by atoms with E-state index in [0.717, 1.165) is 5.56 Å². The Labute approximate surface area is 96.5 Å². The van der Waals surface area contributed by atoms with Crippen LogP contribution in [-0.2, 0) is 11.2 Å². The monoisotopic (exact) mass is 218 g/mol. The van der Waals surface area contributed by atoms with Crippen LogP contribution in [0.1, 0.15) is 19.4 Å². The minimum Gasteiger partial charge on any atom is -0.306 e. The minimum absolute atomic E-state index is 0.0420. The van der Waals surface area contributed by atoms with E-state index in [1.807, 2.05) is 36.4 Å². The van der Waals surface area contributed by atoms with Gasteiger partial charge in [0.2, 0.25) is 5.91 Å². The molecule has 3 nitrogen and oxygen atoms in total. The van der Waals surface area contributed by atoms with E-state index in [2.05, 4.69) is 24.7 Å². The maximum atomic E-state index is 11.4. The molecule has 0 aromatic heterocycles. The van der Waals surface area contributed by atoms with E-state index in [-0.39, 0.29) is 5.91 Å². The van der Waals surface area contributed by atoms with Crippen LogP contribution in [0.5, 0.6) is 0 Å². The van der Waals surface area contributed by atoms with E-state index in [4.69, 9.17) is 0 Å². The molecular weight excluding hydrogens is 200 g/mol. The maximum absolute atomic E-state index is 11.4.